The monoisotopic (exact) mass is 394 g/mol. The van der Waals surface area contributed by atoms with E-state index in [-0.39, 0.29) is 17.9 Å². The highest BCUT2D eigenvalue weighted by Gasteiger charge is 2.32. The lowest BCUT2D eigenvalue weighted by Gasteiger charge is -2.36. The van der Waals surface area contributed by atoms with Gasteiger partial charge in [0, 0.05) is 31.2 Å². The number of aromatic amines is 1. The van der Waals surface area contributed by atoms with Gasteiger partial charge in [0.05, 0.1) is 0 Å². The molecular weight excluding hydrogens is 364 g/mol. The molecule has 1 saturated carbocycles. The second-order valence-electron chi connectivity index (χ2n) is 8.45. The second kappa shape index (κ2) is 9.25. The smallest absolute Gasteiger partial charge is 0.269 e. The number of hydrogen-bond acceptors (Lipinski definition) is 3. The van der Waals surface area contributed by atoms with Gasteiger partial charge < -0.3 is 10.2 Å². The van der Waals surface area contributed by atoms with Crippen molar-refractivity contribution in [3.8, 4) is 0 Å². The largest absolute Gasteiger partial charge is 0.348 e. The van der Waals surface area contributed by atoms with E-state index < -0.39 is 0 Å². The number of aromatic nitrogens is 2. The van der Waals surface area contributed by atoms with Crippen molar-refractivity contribution in [2.75, 3.05) is 13.1 Å². The molecule has 2 N–H and O–H groups in total. The van der Waals surface area contributed by atoms with Crippen molar-refractivity contribution in [3.63, 3.8) is 0 Å². The lowest BCUT2D eigenvalue weighted by molar-refractivity contribution is -0.138. The number of H-pyrrole nitrogens is 1. The minimum absolute atomic E-state index is 0.112. The number of piperidine rings is 1. The van der Waals surface area contributed by atoms with Gasteiger partial charge in [-0.25, -0.2) is 0 Å². The number of hydrogen-bond donors (Lipinski definition) is 2. The molecule has 4 rings (SSSR count). The molecule has 2 aromatic rings. The van der Waals surface area contributed by atoms with Crippen LogP contribution in [0.4, 0.5) is 0 Å². The molecular formula is C23H30N4O2. The molecule has 1 aromatic carbocycles. The summed E-state index contributed by atoms with van der Waals surface area (Å²) in [5.41, 5.74) is 1.88. The van der Waals surface area contributed by atoms with Gasteiger partial charge in [0.1, 0.15) is 5.69 Å². The van der Waals surface area contributed by atoms with Crippen LogP contribution in [0.3, 0.4) is 0 Å². The number of amides is 2. The van der Waals surface area contributed by atoms with Crippen LogP contribution in [0.1, 0.15) is 54.6 Å². The van der Waals surface area contributed by atoms with Crippen LogP contribution in [0.2, 0.25) is 0 Å². The number of carbonyl (C=O) groups is 2. The van der Waals surface area contributed by atoms with Gasteiger partial charge in [-0.05, 0) is 62.5 Å². The maximum Gasteiger partial charge on any atom is 0.269 e. The average molecular weight is 395 g/mol. The van der Waals surface area contributed by atoms with E-state index >= 15 is 0 Å². The van der Waals surface area contributed by atoms with Crippen molar-refractivity contribution in [1.82, 2.24) is 20.4 Å². The number of benzene rings is 1. The van der Waals surface area contributed by atoms with E-state index in [1.807, 2.05) is 0 Å². The highest BCUT2D eigenvalue weighted by Crippen LogP contribution is 2.29. The van der Waals surface area contributed by atoms with Crippen LogP contribution < -0.4 is 5.32 Å². The fraction of sp³-hybridized carbons (Fsp3) is 0.522. The summed E-state index contributed by atoms with van der Waals surface area (Å²) in [7, 11) is 0. The van der Waals surface area contributed by atoms with Gasteiger partial charge in [-0.2, -0.15) is 5.10 Å². The summed E-state index contributed by atoms with van der Waals surface area (Å²) in [5, 5.41) is 9.56. The predicted molar refractivity (Wildman–Crippen MR) is 111 cm³/mol. The van der Waals surface area contributed by atoms with Crippen molar-refractivity contribution in [3.05, 3.63) is 53.9 Å². The molecule has 0 atom stereocenters. The van der Waals surface area contributed by atoms with Gasteiger partial charge in [-0.15, -0.1) is 0 Å². The van der Waals surface area contributed by atoms with Gasteiger partial charge in [0.25, 0.3) is 5.91 Å². The van der Waals surface area contributed by atoms with E-state index in [4.69, 9.17) is 0 Å². The molecule has 1 aromatic heterocycles. The van der Waals surface area contributed by atoms with Crippen LogP contribution in [-0.4, -0.2) is 46.0 Å². The third kappa shape index (κ3) is 5.05. The maximum atomic E-state index is 13.0. The predicted octanol–water partition coefficient (Wildman–Crippen LogP) is 3.18. The van der Waals surface area contributed by atoms with Gasteiger partial charge >= 0.3 is 0 Å². The molecule has 2 aliphatic rings. The Morgan fingerprint density at radius 2 is 1.72 bits per heavy atom. The van der Waals surface area contributed by atoms with Crippen LogP contribution in [0, 0.1) is 11.8 Å². The van der Waals surface area contributed by atoms with Crippen molar-refractivity contribution in [1.29, 1.82) is 0 Å². The molecule has 2 heterocycles. The highest BCUT2D eigenvalue weighted by molar-refractivity contribution is 5.92. The molecule has 6 heteroatoms. The molecule has 0 bridgehead atoms. The van der Waals surface area contributed by atoms with E-state index in [1.165, 1.54) is 5.56 Å². The van der Waals surface area contributed by atoms with E-state index in [1.54, 1.807) is 12.3 Å². The number of rotatable bonds is 5. The molecule has 29 heavy (non-hydrogen) atoms. The number of nitrogens with one attached hydrogen (secondary N) is 2. The molecule has 2 fully saturated rings. The Kier molecular flexibility index (Phi) is 6.27. The molecule has 1 aliphatic carbocycles. The highest BCUT2D eigenvalue weighted by atomic mass is 16.2. The summed E-state index contributed by atoms with van der Waals surface area (Å²) in [6, 6.07) is 12.5. The van der Waals surface area contributed by atoms with Crippen molar-refractivity contribution < 1.29 is 9.59 Å². The van der Waals surface area contributed by atoms with E-state index in [0.29, 0.717) is 17.5 Å². The summed E-state index contributed by atoms with van der Waals surface area (Å²) in [6.45, 7) is 1.76. The summed E-state index contributed by atoms with van der Waals surface area (Å²) in [6.07, 6.45) is 8.32. The number of likely N-dealkylation sites (tertiary alicyclic amines) is 1. The summed E-state index contributed by atoms with van der Waals surface area (Å²) in [5.74, 6) is 0.995. The van der Waals surface area contributed by atoms with Gasteiger partial charge in [0.15, 0.2) is 0 Å². The van der Waals surface area contributed by atoms with E-state index in [0.717, 1.165) is 58.0 Å². The van der Waals surface area contributed by atoms with Crippen LogP contribution in [0.25, 0.3) is 0 Å². The Balaban J connectivity index is 1.19. The molecule has 2 amide bonds. The molecule has 0 radical (unpaired) electrons. The number of carbonyl (C=O) groups excluding carboxylic acids is 2. The standard InChI is InChI=1S/C23H30N4O2/c28-22(21-10-13-24-26-21)25-20-8-6-19(7-9-20)23(29)27-14-11-18(12-15-27)16-17-4-2-1-3-5-17/h1-5,10,13,18-20H,6-9,11-12,14-16H2,(H,24,26)(H,25,28). The third-order valence-corrected chi connectivity index (χ3v) is 6.45. The Bertz CT molecular complexity index is 790. The van der Waals surface area contributed by atoms with E-state index in [9.17, 15) is 9.59 Å². The van der Waals surface area contributed by atoms with Crippen LogP contribution in [0.5, 0.6) is 0 Å². The van der Waals surface area contributed by atoms with Gasteiger partial charge in [0.2, 0.25) is 5.91 Å². The van der Waals surface area contributed by atoms with Gasteiger partial charge in [-0.1, -0.05) is 30.3 Å². The first-order valence-electron chi connectivity index (χ1n) is 10.8. The molecule has 154 valence electrons. The Morgan fingerprint density at radius 1 is 1.00 bits per heavy atom. The quantitative estimate of drug-likeness (QED) is 0.818. The normalized spacial score (nSPS) is 23.0. The Morgan fingerprint density at radius 3 is 2.38 bits per heavy atom. The van der Waals surface area contributed by atoms with Crippen LogP contribution in [0.15, 0.2) is 42.6 Å². The maximum absolute atomic E-state index is 13.0. The van der Waals surface area contributed by atoms with Gasteiger partial charge in [-0.3, -0.25) is 14.7 Å². The first-order chi connectivity index (χ1) is 14.2. The molecule has 1 saturated heterocycles. The molecule has 0 spiro atoms. The molecule has 0 unspecified atom stereocenters. The second-order valence-corrected chi connectivity index (χ2v) is 8.45. The zero-order chi connectivity index (χ0) is 20.1. The minimum Gasteiger partial charge on any atom is -0.348 e. The fourth-order valence-electron chi connectivity index (χ4n) is 4.69. The fourth-order valence-corrected chi connectivity index (χ4v) is 4.69. The Hall–Kier alpha value is -2.63. The molecule has 1 aliphatic heterocycles. The van der Waals surface area contributed by atoms with Crippen LogP contribution in [-0.2, 0) is 11.2 Å². The summed E-state index contributed by atoms with van der Waals surface area (Å²) >= 11 is 0. The first-order valence-corrected chi connectivity index (χ1v) is 10.8. The minimum atomic E-state index is -0.113. The first kappa shape index (κ1) is 19.7. The summed E-state index contributed by atoms with van der Waals surface area (Å²) < 4.78 is 0. The SMILES string of the molecule is O=C(NC1CCC(C(=O)N2CCC(Cc3ccccc3)CC2)CC1)c1ccn[nH]1. The van der Waals surface area contributed by atoms with Crippen molar-refractivity contribution in [2.45, 2.75) is 51.0 Å². The number of nitrogens with zero attached hydrogens (tertiary/aromatic N) is 2. The van der Waals surface area contributed by atoms with Crippen molar-refractivity contribution in [2.24, 2.45) is 11.8 Å². The van der Waals surface area contributed by atoms with E-state index in [2.05, 4.69) is 50.7 Å². The Labute approximate surface area is 172 Å². The molecule has 6 nitrogen and oxygen atoms in total. The lowest BCUT2D eigenvalue weighted by Crippen LogP contribution is -2.45. The topological polar surface area (TPSA) is 78.1 Å². The van der Waals surface area contributed by atoms with Crippen molar-refractivity contribution >= 4 is 11.8 Å². The summed E-state index contributed by atoms with van der Waals surface area (Å²) in [4.78, 5) is 27.2. The third-order valence-electron chi connectivity index (χ3n) is 6.45. The lowest BCUT2D eigenvalue weighted by atomic mass is 9.84. The zero-order valence-electron chi connectivity index (χ0n) is 16.8. The zero-order valence-corrected chi connectivity index (χ0v) is 16.8. The van der Waals surface area contributed by atoms with Crippen LogP contribution >= 0.6 is 0 Å². The average Bonchev–Trinajstić information content (AvgIpc) is 3.30.